The van der Waals surface area contributed by atoms with Crippen molar-refractivity contribution in [3.63, 3.8) is 0 Å². The second-order valence-electron chi connectivity index (χ2n) is 7.69. The Morgan fingerprint density at radius 3 is 2.36 bits per heavy atom. The van der Waals surface area contributed by atoms with Crippen LogP contribution in [0, 0.1) is 0 Å². The number of aromatic hydroxyl groups is 1. The molecule has 1 N–H and O–H groups in total. The molecule has 1 heterocycles. The van der Waals surface area contributed by atoms with E-state index in [1.54, 1.807) is 18.2 Å². The van der Waals surface area contributed by atoms with Crippen LogP contribution >= 0.6 is 0 Å². The van der Waals surface area contributed by atoms with Crippen LogP contribution < -0.4 is 4.74 Å². The summed E-state index contributed by atoms with van der Waals surface area (Å²) in [6.45, 7) is 8.59. The highest BCUT2D eigenvalue weighted by molar-refractivity contribution is 5.67. The molecule has 1 aliphatic heterocycles. The summed E-state index contributed by atoms with van der Waals surface area (Å²) in [4.78, 5) is 22.5. The molecule has 0 aliphatic carbocycles. The number of carbonyl (C=O) groups excluding carboxylic acids is 2. The van der Waals surface area contributed by atoms with Gasteiger partial charge in [-0.3, -0.25) is 9.59 Å². The number of esters is 2. The lowest BCUT2D eigenvalue weighted by Gasteiger charge is -2.32. The maximum Gasteiger partial charge on any atom is 0.303 e. The van der Waals surface area contributed by atoms with Crippen LogP contribution in [0.2, 0.25) is 0 Å². The van der Waals surface area contributed by atoms with Crippen molar-refractivity contribution in [1.29, 1.82) is 0 Å². The first-order valence-electron chi connectivity index (χ1n) is 9.09. The third-order valence-corrected chi connectivity index (χ3v) is 4.40. The minimum Gasteiger partial charge on any atom is -0.504 e. The lowest BCUT2D eigenvalue weighted by molar-refractivity contribution is -0.163. The number of methoxy groups -OCH3 is 1. The summed E-state index contributed by atoms with van der Waals surface area (Å²) in [5.74, 6) is -0.554. The van der Waals surface area contributed by atoms with Crippen molar-refractivity contribution in [1.82, 2.24) is 0 Å². The molecule has 1 aliphatic rings. The average molecular weight is 392 g/mol. The van der Waals surface area contributed by atoms with E-state index in [4.69, 9.17) is 18.9 Å². The van der Waals surface area contributed by atoms with Crippen molar-refractivity contribution in [2.24, 2.45) is 0 Å². The minimum atomic E-state index is -0.699. The van der Waals surface area contributed by atoms with Crippen molar-refractivity contribution in [3.05, 3.63) is 35.4 Å². The van der Waals surface area contributed by atoms with Crippen molar-refractivity contribution < 1.29 is 33.6 Å². The van der Waals surface area contributed by atoms with Crippen molar-refractivity contribution >= 4 is 11.9 Å². The standard InChI is InChI=1S/C21H28O7/c1-12(22)26-11-18-17(27-13(2)23)10-9-16(28-18)14-7-8-15(21(3,4)5)20(25-6)19(14)24/h7-10,16-18,24H,11H2,1-6H3/t16-,17-,18+/m0/s1. The van der Waals surface area contributed by atoms with E-state index in [1.807, 2.05) is 26.8 Å². The first kappa shape index (κ1) is 21.8. The van der Waals surface area contributed by atoms with Crippen LogP contribution in [-0.4, -0.2) is 43.0 Å². The van der Waals surface area contributed by atoms with Gasteiger partial charge >= 0.3 is 11.9 Å². The molecule has 1 aromatic rings. The number of ether oxygens (including phenoxy) is 4. The summed E-state index contributed by atoms with van der Waals surface area (Å²) < 4.78 is 21.7. The van der Waals surface area contributed by atoms with E-state index >= 15 is 0 Å². The molecule has 7 heteroatoms. The van der Waals surface area contributed by atoms with E-state index in [2.05, 4.69) is 0 Å². The molecule has 1 aromatic carbocycles. The van der Waals surface area contributed by atoms with Gasteiger partial charge in [0.1, 0.15) is 24.9 Å². The normalized spacial score (nSPS) is 21.9. The van der Waals surface area contributed by atoms with Gasteiger partial charge in [-0.25, -0.2) is 0 Å². The fraction of sp³-hybridized carbons (Fsp3) is 0.524. The summed E-state index contributed by atoms with van der Waals surface area (Å²) in [7, 11) is 1.51. The van der Waals surface area contributed by atoms with Crippen molar-refractivity contribution in [3.8, 4) is 11.5 Å². The zero-order valence-corrected chi connectivity index (χ0v) is 17.1. The number of hydrogen-bond acceptors (Lipinski definition) is 7. The van der Waals surface area contributed by atoms with Gasteiger partial charge in [-0.05, 0) is 11.5 Å². The smallest absolute Gasteiger partial charge is 0.303 e. The summed E-state index contributed by atoms with van der Waals surface area (Å²) in [5, 5.41) is 10.8. The molecule has 0 aromatic heterocycles. The fourth-order valence-electron chi connectivity index (χ4n) is 3.08. The Morgan fingerprint density at radius 2 is 1.82 bits per heavy atom. The number of rotatable bonds is 5. The molecule has 3 atom stereocenters. The molecule has 0 amide bonds. The van der Waals surface area contributed by atoms with Gasteiger partial charge in [-0.15, -0.1) is 0 Å². The van der Waals surface area contributed by atoms with Crippen LogP contribution in [0.25, 0.3) is 0 Å². The molecule has 0 radical (unpaired) electrons. The van der Waals surface area contributed by atoms with Crippen LogP contribution in [0.4, 0.5) is 0 Å². The van der Waals surface area contributed by atoms with E-state index in [-0.39, 0.29) is 17.8 Å². The molecular formula is C21H28O7. The SMILES string of the molecule is COc1c(C(C)(C)C)ccc([C@@H]2C=C[C@H](OC(C)=O)[C@@H](COC(C)=O)O2)c1O. The molecule has 0 unspecified atom stereocenters. The number of hydrogen-bond donors (Lipinski definition) is 1. The number of phenols is 1. The van der Waals surface area contributed by atoms with E-state index in [9.17, 15) is 14.7 Å². The zero-order chi connectivity index (χ0) is 21.1. The zero-order valence-electron chi connectivity index (χ0n) is 17.1. The van der Waals surface area contributed by atoms with Gasteiger partial charge < -0.3 is 24.1 Å². The first-order chi connectivity index (χ1) is 13.0. The Bertz CT molecular complexity index is 761. The third-order valence-electron chi connectivity index (χ3n) is 4.40. The summed E-state index contributed by atoms with van der Waals surface area (Å²) in [5.41, 5.74) is 1.16. The number of carbonyl (C=O) groups is 2. The van der Waals surface area contributed by atoms with E-state index in [0.717, 1.165) is 5.56 Å². The number of benzene rings is 1. The molecule has 0 spiro atoms. The quantitative estimate of drug-likeness (QED) is 0.608. The van der Waals surface area contributed by atoms with Gasteiger partial charge in [0.2, 0.25) is 0 Å². The Hall–Kier alpha value is -2.54. The second-order valence-corrected chi connectivity index (χ2v) is 7.69. The topological polar surface area (TPSA) is 91.3 Å². The molecular weight excluding hydrogens is 364 g/mol. The molecule has 2 rings (SSSR count). The van der Waals surface area contributed by atoms with Gasteiger partial charge in [-0.2, -0.15) is 0 Å². The Morgan fingerprint density at radius 1 is 1.14 bits per heavy atom. The third kappa shape index (κ3) is 5.04. The van der Waals surface area contributed by atoms with Crippen molar-refractivity contribution in [2.75, 3.05) is 13.7 Å². The lowest BCUT2D eigenvalue weighted by atomic mass is 9.85. The molecule has 0 saturated carbocycles. The van der Waals surface area contributed by atoms with Crippen LogP contribution in [0.5, 0.6) is 11.5 Å². The van der Waals surface area contributed by atoms with Gasteiger partial charge in [0.25, 0.3) is 0 Å². The highest BCUT2D eigenvalue weighted by atomic mass is 16.6. The number of phenolic OH excluding ortho intramolecular Hbond substituents is 1. The van der Waals surface area contributed by atoms with Crippen molar-refractivity contribution in [2.45, 2.75) is 58.3 Å². The highest BCUT2D eigenvalue weighted by Gasteiger charge is 2.33. The second kappa shape index (κ2) is 8.65. The van der Waals surface area contributed by atoms with Gasteiger partial charge in [0.15, 0.2) is 11.5 Å². The Balaban J connectivity index is 2.36. The molecule has 7 nitrogen and oxygen atoms in total. The van der Waals surface area contributed by atoms with Crippen LogP contribution in [0.1, 0.15) is 51.8 Å². The van der Waals surface area contributed by atoms with Gasteiger partial charge in [0.05, 0.1) is 7.11 Å². The lowest BCUT2D eigenvalue weighted by Crippen LogP contribution is -2.39. The van der Waals surface area contributed by atoms with E-state index in [0.29, 0.717) is 11.3 Å². The summed E-state index contributed by atoms with van der Waals surface area (Å²) >= 11 is 0. The van der Waals surface area contributed by atoms with Crippen LogP contribution in [0.15, 0.2) is 24.3 Å². The molecule has 0 saturated heterocycles. The predicted molar refractivity (Wildman–Crippen MR) is 102 cm³/mol. The first-order valence-corrected chi connectivity index (χ1v) is 9.09. The van der Waals surface area contributed by atoms with Crippen LogP contribution in [0.3, 0.4) is 0 Å². The Kier molecular flexibility index (Phi) is 6.72. The fourth-order valence-corrected chi connectivity index (χ4v) is 3.08. The monoisotopic (exact) mass is 392 g/mol. The maximum absolute atomic E-state index is 11.3. The minimum absolute atomic E-state index is 0.0123. The summed E-state index contributed by atoms with van der Waals surface area (Å²) in [6.07, 6.45) is 1.37. The molecule has 154 valence electrons. The van der Waals surface area contributed by atoms with Crippen LogP contribution in [-0.2, 0) is 29.2 Å². The van der Waals surface area contributed by atoms with E-state index in [1.165, 1.54) is 21.0 Å². The maximum atomic E-state index is 11.3. The molecule has 0 fully saturated rings. The molecule has 28 heavy (non-hydrogen) atoms. The highest BCUT2D eigenvalue weighted by Crippen LogP contribution is 2.44. The average Bonchev–Trinajstić information content (AvgIpc) is 2.59. The summed E-state index contributed by atoms with van der Waals surface area (Å²) in [6, 6.07) is 3.67. The largest absolute Gasteiger partial charge is 0.504 e. The Labute approximate surface area is 165 Å². The van der Waals surface area contributed by atoms with Gasteiger partial charge in [-0.1, -0.05) is 39.0 Å². The molecule has 0 bridgehead atoms. The predicted octanol–water partition coefficient (Wildman–Crippen LogP) is 3.19. The van der Waals surface area contributed by atoms with Gasteiger partial charge in [0, 0.05) is 25.0 Å². The van der Waals surface area contributed by atoms with E-state index < -0.39 is 30.3 Å².